The lowest BCUT2D eigenvalue weighted by Crippen LogP contribution is -2.22. The Morgan fingerprint density at radius 2 is 1.43 bits per heavy atom. The summed E-state index contributed by atoms with van der Waals surface area (Å²) in [6.07, 6.45) is 0. The number of benzene rings is 4. The van der Waals surface area contributed by atoms with Crippen LogP contribution in [0.4, 0.5) is 5.69 Å². The summed E-state index contributed by atoms with van der Waals surface area (Å²) in [7, 11) is 1.55. The Hall–Kier alpha value is -4.64. The fourth-order valence-corrected chi connectivity index (χ4v) is 4.12. The zero-order valence-corrected chi connectivity index (χ0v) is 19.1. The van der Waals surface area contributed by atoms with Gasteiger partial charge in [0.25, 0.3) is 0 Å². The molecule has 5 aromatic rings. The highest BCUT2D eigenvalue weighted by Gasteiger charge is 2.22. The minimum Gasteiger partial charge on any atom is -0.497 e. The molecule has 0 saturated heterocycles. The van der Waals surface area contributed by atoms with Crippen LogP contribution in [0.5, 0.6) is 5.75 Å². The van der Waals surface area contributed by atoms with E-state index in [1.165, 1.54) is 6.07 Å². The molecule has 172 valence electrons. The zero-order valence-electron chi connectivity index (χ0n) is 19.1. The lowest BCUT2D eigenvalue weighted by molar-refractivity contribution is -0.116. The first-order valence-corrected chi connectivity index (χ1v) is 11.3. The summed E-state index contributed by atoms with van der Waals surface area (Å²) < 4.78 is 11.2. The highest BCUT2D eigenvalue weighted by Crippen LogP contribution is 2.28. The van der Waals surface area contributed by atoms with Gasteiger partial charge in [-0.1, -0.05) is 60.7 Å². The Labute approximate surface area is 202 Å². The maximum absolute atomic E-state index is 13.3. The molecule has 1 amide bonds. The molecule has 5 rings (SSSR count). The van der Waals surface area contributed by atoms with Crippen LogP contribution < -0.4 is 15.5 Å². The predicted molar refractivity (Wildman–Crippen MR) is 138 cm³/mol. The largest absolute Gasteiger partial charge is 0.497 e. The van der Waals surface area contributed by atoms with Crippen molar-refractivity contribution >= 4 is 22.6 Å². The fourth-order valence-electron chi connectivity index (χ4n) is 4.12. The summed E-state index contributed by atoms with van der Waals surface area (Å²) in [6.45, 7) is 0. The van der Waals surface area contributed by atoms with Crippen molar-refractivity contribution in [2.45, 2.75) is 5.92 Å². The maximum atomic E-state index is 13.3. The Bertz CT molecular complexity index is 1490. The van der Waals surface area contributed by atoms with Gasteiger partial charge in [0.05, 0.1) is 18.4 Å². The molecule has 0 unspecified atom stereocenters. The first kappa shape index (κ1) is 22.2. The van der Waals surface area contributed by atoms with Crippen molar-refractivity contribution in [3.8, 4) is 17.1 Å². The number of carbonyl (C=O) groups is 1. The molecule has 0 bridgehead atoms. The van der Waals surface area contributed by atoms with Crippen molar-refractivity contribution in [1.82, 2.24) is 0 Å². The minimum absolute atomic E-state index is 0.124. The fraction of sp³-hybridized carbons (Fsp3) is 0.0667. The Morgan fingerprint density at radius 1 is 0.800 bits per heavy atom. The number of rotatable bonds is 6. The highest BCUT2D eigenvalue weighted by atomic mass is 16.5. The molecule has 0 aliphatic carbocycles. The number of carbonyl (C=O) groups excluding carboxylic acids is 1. The monoisotopic (exact) mass is 461 g/mol. The molecule has 0 aliphatic heterocycles. The third-order valence-electron chi connectivity index (χ3n) is 5.90. The number of methoxy groups -OCH3 is 1. The zero-order chi connectivity index (χ0) is 24.2. The third-order valence-corrected chi connectivity index (χ3v) is 5.90. The van der Waals surface area contributed by atoms with E-state index >= 15 is 0 Å². The molecule has 5 nitrogen and oxygen atoms in total. The minimum atomic E-state index is -0.437. The van der Waals surface area contributed by atoms with E-state index in [-0.39, 0.29) is 11.3 Å². The van der Waals surface area contributed by atoms with Crippen molar-refractivity contribution in [3.63, 3.8) is 0 Å². The van der Waals surface area contributed by atoms with Crippen LogP contribution in [-0.4, -0.2) is 13.0 Å². The lowest BCUT2D eigenvalue weighted by atomic mass is 9.90. The van der Waals surface area contributed by atoms with Gasteiger partial charge in [0.15, 0.2) is 5.43 Å². The molecule has 0 atom stereocenters. The van der Waals surface area contributed by atoms with Crippen molar-refractivity contribution in [3.05, 3.63) is 131 Å². The Balaban J connectivity index is 1.41. The molecule has 0 spiro atoms. The molecule has 0 saturated carbocycles. The number of hydrogen-bond acceptors (Lipinski definition) is 4. The van der Waals surface area contributed by atoms with Gasteiger partial charge in [0.1, 0.15) is 17.1 Å². The summed E-state index contributed by atoms with van der Waals surface area (Å²) in [4.78, 5) is 26.0. The van der Waals surface area contributed by atoms with Crippen LogP contribution >= 0.6 is 0 Å². The average molecular weight is 462 g/mol. The molecule has 5 heteroatoms. The number of fused-ring (bicyclic) bond motifs is 1. The van der Waals surface area contributed by atoms with E-state index in [1.807, 2.05) is 72.8 Å². The van der Waals surface area contributed by atoms with E-state index in [2.05, 4.69) is 5.32 Å². The number of amides is 1. The lowest BCUT2D eigenvalue weighted by Gasteiger charge is -2.18. The van der Waals surface area contributed by atoms with Gasteiger partial charge in [0.2, 0.25) is 5.91 Å². The Morgan fingerprint density at radius 3 is 2.03 bits per heavy atom. The average Bonchev–Trinajstić information content (AvgIpc) is 2.90. The number of anilines is 1. The van der Waals surface area contributed by atoms with E-state index < -0.39 is 5.92 Å². The molecule has 0 radical (unpaired) electrons. The van der Waals surface area contributed by atoms with Crippen LogP contribution in [-0.2, 0) is 4.79 Å². The van der Waals surface area contributed by atoms with Gasteiger partial charge in [-0.25, -0.2) is 0 Å². The van der Waals surface area contributed by atoms with Crippen LogP contribution in [0.15, 0.2) is 118 Å². The molecule has 0 fully saturated rings. The second-order valence-corrected chi connectivity index (χ2v) is 8.16. The summed E-state index contributed by atoms with van der Waals surface area (Å²) in [5, 5.41) is 3.49. The summed E-state index contributed by atoms with van der Waals surface area (Å²) >= 11 is 0. The first-order valence-electron chi connectivity index (χ1n) is 11.3. The smallest absolute Gasteiger partial charge is 0.236 e. The van der Waals surface area contributed by atoms with Crippen molar-refractivity contribution in [2.24, 2.45) is 0 Å². The molecule has 4 aromatic carbocycles. The summed E-state index contributed by atoms with van der Waals surface area (Å²) in [5.41, 5.74) is 3.57. The third kappa shape index (κ3) is 4.70. The van der Waals surface area contributed by atoms with Gasteiger partial charge in [0, 0.05) is 17.3 Å². The van der Waals surface area contributed by atoms with Crippen LogP contribution in [0.25, 0.3) is 22.3 Å². The SMILES string of the molecule is COc1ccc2oc(-c3ccc(NC(=O)C(c4ccccc4)c4ccccc4)cc3)cc(=O)c2c1. The molecular weight excluding hydrogens is 438 g/mol. The van der Waals surface area contributed by atoms with E-state index in [4.69, 9.17) is 9.15 Å². The molecule has 1 aromatic heterocycles. The Kier molecular flexibility index (Phi) is 6.14. The van der Waals surface area contributed by atoms with E-state index in [9.17, 15) is 9.59 Å². The van der Waals surface area contributed by atoms with E-state index in [1.54, 1.807) is 37.4 Å². The second-order valence-electron chi connectivity index (χ2n) is 8.16. The van der Waals surface area contributed by atoms with Crippen molar-refractivity contribution < 1.29 is 13.9 Å². The van der Waals surface area contributed by atoms with Crippen LogP contribution in [0.2, 0.25) is 0 Å². The van der Waals surface area contributed by atoms with Gasteiger partial charge in [-0.3, -0.25) is 9.59 Å². The van der Waals surface area contributed by atoms with Gasteiger partial charge < -0.3 is 14.5 Å². The number of hydrogen-bond donors (Lipinski definition) is 1. The van der Waals surface area contributed by atoms with Crippen LogP contribution in [0.3, 0.4) is 0 Å². The molecule has 1 N–H and O–H groups in total. The molecule has 0 aliphatic rings. The quantitative estimate of drug-likeness (QED) is 0.325. The summed E-state index contributed by atoms with van der Waals surface area (Å²) in [6, 6.07) is 33.3. The number of nitrogens with one attached hydrogen (secondary N) is 1. The normalized spacial score (nSPS) is 10.9. The van der Waals surface area contributed by atoms with Gasteiger partial charge >= 0.3 is 0 Å². The molecule has 35 heavy (non-hydrogen) atoms. The van der Waals surface area contributed by atoms with Crippen LogP contribution in [0.1, 0.15) is 17.0 Å². The number of ether oxygens (including phenoxy) is 1. The molecule has 1 heterocycles. The highest BCUT2D eigenvalue weighted by molar-refractivity contribution is 5.98. The van der Waals surface area contributed by atoms with Gasteiger partial charge in [-0.2, -0.15) is 0 Å². The van der Waals surface area contributed by atoms with Gasteiger partial charge in [-0.05, 0) is 53.6 Å². The molecular formula is C30H23NO4. The topological polar surface area (TPSA) is 68.5 Å². The first-order chi connectivity index (χ1) is 17.1. The maximum Gasteiger partial charge on any atom is 0.236 e. The van der Waals surface area contributed by atoms with E-state index in [0.717, 1.165) is 16.7 Å². The van der Waals surface area contributed by atoms with E-state index in [0.29, 0.717) is 28.2 Å². The predicted octanol–water partition coefficient (Wildman–Crippen LogP) is 6.24. The van der Waals surface area contributed by atoms with Crippen molar-refractivity contribution in [2.75, 3.05) is 12.4 Å². The second kappa shape index (κ2) is 9.69. The standard InChI is InChI=1S/C30H23NO4/c1-34-24-16-17-27-25(18-24)26(32)19-28(35-27)20-12-14-23(15-13-20)31-30(33)29(21-8-4-2-5-9-21)22-10-6-3-7-11-22/h2-19,29H,1H3,(H,31,33). The van der Waals surface area contributed by atoms with Crippen LogP contribution in [0, 0.1) is 0 Å². The van der Waals surface area contributed by atoms with Gasteiger partial charge in [-0.15, -0.1) is 0 Å². The van der Waals surface area contributed by atoms with Crippen molar-refractivity contribution in [1.29, 1.82) is 0 Å². The summed E-state index contributed by atoms with van der Waals surface area (Å²) in [5.74, 6) is 0.493.